The van der Waals surface area contributed by atoms with Crippen LogP contribution in [0.4, 0.5) is 0 Å². The maximum Gasteiger partial charge on any atom is 0.122 e. The molecular weight excluding hydrogens is 276 g/mol. The quantitative estimate of drug-likeness (QED) is 0.907. The first kappa shape index (κ1) is 16.0. The van der Waals surface area contributed by atoms with Crippen LogP contribution in [-0.4, -0.2) is 43.8 Å². The minimum absolute atomic E-state index is 0.329. The van der Waals surface area contributed by atoms with Gasteiger partial charge < -0.3 is 14.5 Å². The average Bonchev–Trinajstić information content (AvgIpc) is 2.95. The van der Waals surface area contributed by atoms with Gasteiger partial charge in [-0.15, -0.1) is 0 Å². The number of hydrogen-bond donors (Lipinski definition) is 1. The zero-order valence-corrected chi connectivity index (χ0v) is 14.0. The van der Waals surface area contributed by atoms with Gasteiger partial charge >= 0.3 is 0 Å². The largest absolute Gasteiger partial charge is 0.465 e. The summed E-state index contributed by atoms with van der Waals surface area (Å²) in [6.07, 6.45) is 5.38. The van der Waals surface area contributed by atoms with Crippen molar-refractivity contribution < 1.29 is 9.15 Å². The SMILES string of the molecule is Cc1ccc(C(CNC2CCCC(C)C2)N2CCOCC2)o1. The molecule has 0 radical (unpaired) electrons. The predicted molar refractivity (Wildman–Crippen MR) is 88.0 cm³/mol. The van der Waals surface area contributed by atoms with Gasteiger partial charge in [0.05, 0.1) is 19.3 Å². The number of aryl methyl sites for hydroxylation is 1. The van der Waals surface area contributed by atoms with Crippen LogP contribution in [0.1, 0.15) is 50.2 Å². The molecule has 1 aliphatic carbocycles. The van der Waals surface area contributed by atoms with Crippen LogP contribution in [0.3, 0.4) is 0 Å². The first-order valence-electron chi connectivity index (χ1n) is 8.84. The zero-order chi connectivity index (χ0) is 15.4. The Kier molecular flexibility index (Phi) is 5.55. The summed E-state index contributed by atoms with van der Waals surface area (Å²) in [6.45, 7) is 9.03. The number of morpholine rings is 1. The molecule has 3 rings (SSSR count). The number of hydrogen-bond acceptors (Lipinski definition) is 4. The molecule has 2 heterocycles. The van der Waals surface area contributed by atoms with Crippen molar-refractivity contribution in [1.29, 1.82) is 0 Å². The van der Waals surface area contributed by atoms with Crippen LogP contribution < -0.4 is 5.32 Å². The molecule has 3 unspecified atom stereocenters. The van der Waals surface area contributed by atoms with Crippen LogP contribution in [0, 0.1) is 12.8 Å². The molecule has 1 saturated carbocycles. The molecule has 1 N–H and O–H groups in total. The first-order chi connectivity index (χ1) is 10.7. The van der Waals surface area contributed by atoms with Crippen molar-refractivity contribution in [2.24, 2.45) is 5.92 Å². The normalized spacial score (nSPS) is 28.6. The summed E-state index contributed by atoms with van der Waals surface area (Å²) in [6, 6.07) is 5.21. The van der Waals surface area contributed by atoms with Gasteiger partial charge in [-0.05, 0) is 37.8 Å². The van der Waals surface area contributed by atoms with Crippen molar-refractivity contribution in [2.75, 3.05) is 32.8 Å². The molecule has 1 aliphatic heterocycles. The van der Waals surface area contributed by atoms with Crippen LogP contribution in [0.25, 0.3) is 0 Å². The molecular formula is C18H30N2O2. The van der Waals surface area contributed by atoms with Crippen molar-refractivity contribution in [3.05, 3.63) is 23.7 Å². The summed E-state index contributed by atoms with van der Waals surface area (Å²) in [5.41, 5.74) is 0. The Bertz CT molecular complexity index is 454. The van der Waals surface area contributed by atoms with Crippen molar-refractivity contribution in [3.8, 4) is 0 Å². The minimum atomic E-state index is 0.329. The van der Waals surface area contributed by atoms with E-state index in [9.17, 15) is 0 Å². The highest BCUT2D eigenvalue weighted by Crippen LogP contribution is 2.26. The summed E-state index contributed by atoms with van der Waals surface area (Å²) >= 11 is 0. The Balaban J connectivity index is 1.62. The highest BCUT2D eigenvalue weighted by molar-refractivity contribution is 5.11. The standard InChI is InChI=1S/C18H30N2O2/c1-14-4-3-5-16(12-14)19-13-17(18-7-6-15(2)22-18)20-8-10-21-11-9-20/h6-7,14,16-17,19H,3-5,8-13H2,1-2H3. The Morgan fingerprint density at radius 2 is 2.09 bits per heavy atom. The molecule has 2 fully saturated rings. The molecule has 4 nitrogen and oxygen atoms in total. The van der Waals surface area contributed by atoms with Gasteiger partial charge in [0.2, 0.25) is 0 Å². The van der Waals surface area contributed by atoms with E-state index in [2.05, 4.69) is 29.3 Å². The molecule has 0 spiro atoms. The molecule has 0 aromatic carbocycles. The lowest BCUT2D eigenvalue weighted by Gasteiger charge is -2.35. The molecule has 0 amide bonds. The molecule has 22 heavy (non-hydrogen) atoms. The summed E-state index contributed by atoms with van der Waals surface area (Å²) in [7, 11) is 0. The topological polar surface area (TPSA) is 37.6 Å². The van der Waals surface area contributed by atoms with Gasteiger partial charge in [-0.1, -0.05) is 19.8 Å². The third-order valence-electron chi connectivity index (χ3n) is 5.11. The summed E-state index contributed by atoms with van der Waals surface area (Å²) in [4.78, 5) is 2.50. The van der Waals surface area contributed by atoms with Crippen molar-refractivity contribution in [3.63, 3.8) is 0 Å². The number of rotatable bonds is 5. The Morgan fingerprint density at radius 1 is 1.27 bits per heavy atom. The molecule has 1 saturated heterocycles. The number of furan rings is 1. The van der Waals surface area contributed by atoms with E-state index >= 15 is 0 Å². The number of nitrogens with one attached hydrogen (secondary N) is 1. The van der Waals surface area contributed by atoms with Gasteiger partial charge in [-0.2, -0.15) is 0 Å². The van der Waals surface area contributed by atoms with Crippen LogP contribution in [0.15, 0.2) is 16.5 Å². The van der Waals surface area contributed by atoms with Crippen LogP contribution in [0.2, 0.25) is 0 Å². The van der Waals surface area contributed by atoms with Crippen molar-refractivity contribution in [2.45, 2.75) is 51.6 Å². The molecule has 4 heteroatoms. The second-order valence-corrected chi connectivity index (χ2v) is 6.99. The average molecular weight is 306 g/mol. The first-order valence-corrected chi connectivity index (χ1v) is 8.84. The smallest absolute Gasteiger partial charge is 0.122 e. The van der Waals surface area contributed by atoms with Crippen LogP contribution in [-0.2, 0) is 4.74 Å². The number of ether oxygens (including phenoxy) is 1. The van der Waals surface area contributed by atoms with E-state index < -0.39 is 0 Å². The van der Waals surface area contributed by atoms with Gasteiger partial charge in [0.15, 0.2) is 0 Å². The fourth-order valence-electron chi connectivity index (χ4n) is 3.83. The lowest BCUT2D eigenvalue weighted by Crippen LogP contribution is -2.45. The summed E-state index contributed by atoms with van der Waals surface area (Å²) < 4.78 is 11.4. The predicted octanol–water partition coefficient (Wildman–Crippen LogP) is 3.13. The van der Waals surface area contributed by atoms with Gasteiger partial charge in [-0.3, -0.25) is 4.90 Å². The molecule has 1 aromatic heterocycles. The third-order valence-corrected chi connectivity index (χ3v) is 5.11. The Hall–Kier alpha value is -0.840. The summed E-state index contributed by atoms with van der Waals surface area (Å²) in [5.74, 6) is 2.95. The molecule has 1 aromatic rings. The van der Waals surface area contributed by atoms with E-state index in [1.807, 2.05) is 6.92 Å². The summed E-state index contributed by atoms with van der Waals surface area (Å²) in [5, 5.41) is 3.81. The van der Waals surface area contributed by atoms with Gasteiger partial charge in [-0.25, -0.2) is 0 Å². The second kappa shape index (κ2) is 7.62. The van der Waals surface area contributed by atoms with E-state index in [1.165, 1.54) is 25.7 Å². The Labute approximate surface area is 134 Å². The fourth-order valence-corrected chi connectivity index (χ4v) is 3.83. The Morgan fingerprint density at radius 3 is 2.77 bits per heavy atom. The van der Waals surface area contributed by atoms with E-state index in [1.54, 1.807) is 0 Å². The van der Waals surface area contributed by atoms with E-state index in [0.29, 0.717) is 12.1 Å². The number of nitrogens with zero attached hydrogens (tertiary/aromatic N) is 1. The third kappa shape index (κ3) is 4.12. The lowest BCUT2D eigenvalue weighted by molar-refractivity contribution is 0.0106. The highest BCUT2D eigenvalue weighted by Gasteiger charge is 2.27. The van der Waals surface area contributed by atoms with Crippen molar-refractivity contribution in [1.82, 2.24) is 10.2 Å². The highest BCUT2D eigenvalue weighted by atomic mass is 16.5. The monoisotopic (exact) mass is 306 g/mol. The van der Waals surface area contributed by atoms with Gasteiger partial charge in [0.1, 0.15) is 11.5 Å². The van der Waals surface area contributed by atoms with Gasteiger partial charge in [0, 0.05) is 25.7 Å². The van der Waals surface area contributed by atoms with E-state index in [-0.39, 0.29) is 0 Å². The molecule has 0 bridgehead atoms. The molecule has 3 atom stereocenters. The van der Waals surface area contributed by atoms with Crippen LogP contribution >= 0.6 is 0 Å². The van der Waals surface area contributed by atoms with Crippen LogP contribution in [0.5, 0.6) is 0 Å². The fraction of sp³-hybridized carbons (Fsp3) is 0.778. The second-order valence-electron chi connectivity index (χ2n) is 6.99. The lowest BCUT2D eigenvalue weighted by atomic mass is 9.87. The molecule has 124 valence electrons. The minimum Gasteiger partial charge on any atom is -0.465 e. The maximum atomic E-state index is 5.94. The maximum absolute atomic E-state index is 5.94. The van der Waals surface area contributed by atoms with E-state index in [4.69, 9.17) is 9.15 Å². The van der Waals surface area contributed by atoms with Gasteiger partial charge in [0.25, 0.3) is 0 Å². The van der Waals surface area contributed by atoms with Crippen molar-refractivity contribution >= 4 is 0 Å². The molecule has 2 aliphatic rings. The zero-order valence-electron chi connectivity index (χ0n) is 14.0. The van der Waals surface area contributed by atoms with E-state index in [0.717, 1.165) is 50.3 Å².